The molecule has 9 heteroatoms. The molecule has 7 nitrogen and oxygen atoms in total. The van der Waals surface area contributed by atoms with Crippen molar-refractivity contribution in [2.24, 2.45) is 0 Å². The molecule has 136 valence electrons. The van der Waals surface area contributed by atoms with Crippen LogP contribution >= 0.6 is 0 Å². The summed E-state index contributed by atoms with van der Waals surface area (Å²) < 4.78 is 36.4. The van der Waals surface area contributed by atoms with Gasteiger partial charge in [-0.2, -0.15) is 5.10 Å². The highest BCUT2D eigenvalue weighted by Gasteiger charge is 2.29. The number of rotatable bonds is 4. The van der Waals surface area contributed by atoms with Crippen molar-refractivity contribution in [1.82, 2.24) is 24.3 Å². The second-order valence-electron chi connectivity index (χ2n) is 6.20. The van der Waals surface area contributed by atoms with Crippen LogP contribution in [-0.4, -0.2) is 36.8 Å². The monoisotopic (exact) mass is 360 g/mol. The van der Waals surface area contributed by atoms with E-state index in [2.05, 4.69) is 15.1 Å². The number of alkyl halides is 2. The van der Waals surface area contributed by atoms with Gasteiger partial charge in [0.2, 0.25) is 0 Å². The lowest BCUT2D eigenvalue weighted by Crippen LogP contribution is -2.24. The number of nitrogens with zero attached hydrogens (tertiary/aromatic N) is 5. The fourth-order valence-corrected chi connectivity index (χ4v) is 2.92. The summed E-state index contributed by atoms with van der Waals surface area (Å²) in [7, 11) is 0. The van der Waals surface area contributed by atoms with Crippen LogP contribution in [0, 0.1) is 0 Å². The number of benzene rings is 1. The first-order valence-electron chi connectivity index (χ1n) is 8.33. The van der Waals surface area contributed by atoms with E-state index in [0.29, 0.717) is 41.9 Å². The van der Waals surface area contributed by atoms with Crippen LogP contribution in [0.15, 0.2) is 30.7 Å². The van der Waals surface area contributed by atoms with Crippen LogP contribution in [0.3, 0.4) is 0 Å². The Morgan fingerprint density at radius 2 is 2.15 bits per heavy atom. The van der Waals surface area contributed by atoms with Gasteiger partial charge in [0.05, 0.1) is 12.1 Å². The van der Waals surface area contributed by atoms with Crippen molar-refractivity contribution in [2.45, 2.75) is 32.4 Å². The van der Waals surface area contributed by atoms with E-state index in [1.165, 1.54) is 17.9 Å². The Labute approximate surface area is 148 Å². The number of aromatic nitrogens is 5. The van der Waals surface area contributed by atoms with Crippen LogP contribution in [0.4, 0.5) is 14.5 Å². The zero-order valence-electron chi connectivity index (χ0n) is 14.2. The van der Waals surface area contributed by atoms with Gasteiger partial charge in [0, 0.05) is 24.4 Å². The third-order valence-corrected chi connectivity index (χ3v) is 4.36. The molecule has 0 amide bonds. The fourth-order valence-electron chi connectivity index (χ4n) is 2.92. The molecule has 0 atom stereocenters. The van der Waals surface area contributed by atoms with E-state index in [9.17, 15) is 8.78 Å². The Kier molecular flexibility index (Phi) is 3.86. The topological polar surface area (TPSA) is 83.8 Å². The van der Waals surface area contributed by atoms with Crippen molar-refractivity contribution in [2.75, 3.05) is 12.3 Å². The maximum Gasteiger partial charge on any atom is 0.267 e. The molecule has 3 heterocycles. The Balaban J connectivity index is 1.76. The van der Waals surface area contributed by atoms with Crippen molar-refractivity contribution in [3.63, 3.8) is 0 Å². The van der Waals surface area contributed by atoms with Crippen LogP contribution < -0.4 is 10.5 Å². The Morgan fingerprint density at radius 3 is 2.96 bits per heavy atom. The summed E-state index contributed by atoms with van der Waals surface area (Å²) in [6, 6.07) is 5.37. The summed E-state index contributed by atoms with van der Waals surface area (Å²) in [6.07, 6.45) is 2.79. The predicted molar refractivity (Wildman–Crippen MR) is 91.8 cm³/mol. The van der Waals surface area contributed by atoms with Crippen LogP contribution in [0.25, 0.3) is 22.9 Å². The lowest BCUT2D eigenvalue weighted by atomic mass is 10.1. The van der Waals surface area contributed by atoms with Crippen molar-refractivity contribution >= 4 is 5.69 Å². The van der Waals surface area contributed by atoms with Gasteiger partial charge in [-0.15, -0.1) is 0 Å². The molecule has 0 saturated carbocycles. The first-order valence-corrected chi connectivity index (χ1v) is 8.33. The molecule has 0 spiro atoms. The van der Waals surface area contributed by atoms with Gasteiger partial charge in [-0.25, -0.2) is 23.4 Å². The molecule has 4 rings (SSSR count). The number of hydrogen-bond acceptors (Lipinski definition) is 5. The zero-order valence-corrected chi connectivity index (χ0v) is 14.2. The minimum atomic E-state index is -2.85. The number of nitrogen functional groups attached to an aromatic ring is 1. The Bertz CT molecular complexity index is 949. The van der Waals surface area contributed by atoms with Gasteiger partial charge in [0.15, 0.2) is 5.82 Å². The van der Waals surface area contributed by atoms with Gasteiger partial charge in [-0.05, 0) is 12.1 Å². The van der Waals surface area contributed by atoms with E-state index in [4.69, 9.17) is 10.5 Å². The van der Waals surface area contributed by atoms with Gasteiger partial charge >= 0.3 is 0 Å². The molecule has 3 aromatic rings. The number of halogens is 2. The van der Waals surface area contributed by atoms with E-state index in [-0.39, 0.29) is 6.42 Å². The summed E-state index contributed by atoms with van der Waals surface area (Å²) in [5.41, 5.74) is 7.72. The van der Waals surface area contributed by atoms with E-state index >= 15 is 0 Å². The van der Waals surface area contributed by atoms with Gasteiger partial charge in [0.1, 0.15) is 36.7 Å². The maximum atomic E-state index is 13.8. The predicted octanol–water partition coefficient (Wildman–Crippen LogP) is 2.83. The molecule has 1 aromatic carbocycles. The smallest absolute Gasteiger partial charge is 0.267 e. The molecular weight excluding hydrogens is 342 g/mol. The molecule has 0 radical (unpaired) electrons. The lowest BCUT2D eigenvalue weighted by molar-refractivity contribution is -0.0225. The minimum absolute atomic E-state index is 0.266. The maximum absolute atomic E-state index is 13.8. The zero-order chi connectivity index (χ0) is 18.3. The molecule has 0 unspecified atom stereocenters. The van der Waals surface area contributed by atoms with E-state index in [1.807, 2.05) is 10.6 Å². The molecule has 26 heavy (non-hydrogen) atoms. The number of nitrogens with two attached hydrogens (primary N) is 1. The highest BCUT2D eigenvalue weighted by molar-refractivity contribution is 5.70. The number of ether oxygens (including phenoxy) is 1. The van der Waals surface area contributed by atoms with Crippen molar-refractivity contribution in [3.8, 4) is 28.7 Å². The van der Waals surface area contributed by atoms with Gasteiger partial charge in [0.25, 0.3) is 5.92 Å². The molecule has 1 aliphatic rings. The minimum Gasteiger partial charge on any atom is -0.491 e. The first kappa shape index (κ1) is 16.5. The van der Waals surface area contributed by atoms with Crippen molar-refractivity contribution < 1.29 is 13.5 Å². The summed E-state index contributed by atoms with van der Waals surface area (Å²) in [5, 5.41) is 3.94. The third kappa shape index (κ3) is 2.89. The quantitative estimate of drug-likeness (QED) is 0.724. The second-order valence-corrected chi connectivity index (χ2v) is 6.20. The summed E-state index contributed by atoms with van der Waals surface area (Å²) in [4.78, 5) is 8.75. The van der Waals surface area contributed by atoms with Crippen molar-refractivity contribution in [1.29, 1.82) is 0 Å². The Hall–Kier alpha value is -2.97. The number of hydrogen-bond donors (Lipinski definition) is 1. The van der Waals surface area contributed by atoms with Gasteiger partial charge in [-0.3, -0.25) is 0 Å². The molecule has 2 N–H and O–H groups in total. The fraction of sp³-hybridized carbons (Fsp3) is 0.353. The normalized spacial score (nSPS) is 13.7. The number of imidazole rings is 1. The van der Waals surface area contributed by atoms with E-state index in [1.54, 1.807) is 18.3 Å². The average molecular weight is 360 g/mol. The average Bonchev–Trinajstić information content (AvgIpc) is 3.18. The SMILES string of the molecule is CCC(F)(F)Cn1ncnc1-c1cn2c(n1)-c1ccc(N)cc1OCC2. The van der Waals surface area contributed by atoms with Crippen LogP contribution in [0.1, 0.15) is 13.3 Å². The van der Waals surface area contributed by atoms with E-state index < -0.39 is 12.5 Å². The van der Waals surface area contributed by atoms with Crippen LogP contribution in [0.5, 0.6) is 5.75 Å². The molecular formula is C17H18F2N6O. The largest absolute Gasteiger partial charge is 0.491 e. The highest BCUT2D eigenvalue weighted by Crippen LogP contribution is 2.35. The molecule has 0 saturated heterocycles. The molecule has 2 aromatic heterocycles. The lowest BCUT2D eigenvalue weighted by Gasteiger charge is -2.14. The van der Waals surface area contributed by atoms with Gasteiger partial charge < -0.3 is 15.0 Å². The number of anilines is 1. The summed E-state index contributed by atoms with van der Waals surface area (Å²) in [6.45, 7) is 1.95. The standard InChI is InChI=1S/C17H18F2N6O/c1-2-17(18,19)9-25-16(21-10-22-25)13-8-24-5-6-26-14-7-11(20)3-4-12(14)15(24)23-13/h3-4,7-8,10H,2,5-6,9,20H2,1H3. The summed E-state index contributed by atoms with van der Waals surface area (Å²) >= 11 is 0. The first-order chi connectivity index (χ1) is 12.5. The van der Waals surface area contributed by atoms with E-state index in [0.717, 1.165) is 5.56 Å². The van der Waals surface area contributed by atoms with Gasteiger partial charge in [-0.1, -0.05) is 6.92 Å². The van der Waals surface area contributed by atoms with Crippen molar-refractivity contribution in [3.05, 3.63) is 30.7 Å². The third-order valence-electron chi connectivity index (χ3n) is 4.36. The molecule has 1 aliphatic heterocycles. The highest BCUT2D eigenvalue weighted by atomic mass is 19.3. The molecule has 0 fully saturated rings. The van der Waals surface area contributed by atoms with Crippen LogP contribution in [-0.2, 0) is 13.1 Å². The Morgan fingerprint density at radius 1 is 1.31 bits per heavy atom. The van der Waals surface area contributed by atoms with Crippen LogP contribution in [0.2, 0.25) is 0 Å². The molecule has 0 aliphatic carbocycles. The second kappa shape index (κ2) is 6.08. The molecule has 0 bridgehead atoms. The number of fused-ring (bicyclic) bond motifs is 3. The summed E-state index contributed by atoms with van der Waals surface area (Å²) in [5.74, 6) is -1.20.